The van der Waals surface area contributed by atoms with Crippen molar-refractivity contribution in [2.75, 3.05) is 0 Å². The number of unbranched alkanes of at least 4 members (excludes halogenated alkanes) is 1. The van der Waals surface area contributed by atoms with E-state index in [4.69, 9.17) is 5.11 Å². The van der Waals surface area contributed by atoms with Gasteiger partial charge in [0.2, 0.25) is 0 Å². The summed E-state index contributed by atoms with van der Waals surface area (Å²) in [5.41, 5.74) is 0. The molecule has 0 aliphatic heterocycles. The van der Waals surface area contributed by atoms with Crippen LogP contribution in [-0.2, 0) is 0 Å². The van der Waals surface area contributed by atoms with Gasteiger partial charge in [-0.05, 0) is 6.42 Å². The highest BCUT2D eigenvalue weighted by molar-refractivity contribution is 4.56. The SMILES string of the molecule is CCCCC(O)C(F)F. The summed E-state index contributed by atoms with van der Waals surface area (Å²) < 4.78 is 23.0. The molecule has 0 heterocycles. The minimum atomic E-state index is -2.57. The van der Waals surface area contributed by atoms with E-state index in [1.54, 1.807) is 0 Å². The highest BCUT2D eigenvalue weighted by Gasteiger charge is 2.14. The molecule has 0 radical (unpaired) electrons. The number of rotatable bonds is 4. The van der Waals surface area contributed by atoms with E-state index in [-0.39, 0.29) is 6.42 Å². The van der Waals surface area contributed by atoms with Crippen LogP contribution in [0.2, 0.25) is 0 Å². The molecule has 3 heteroatoms. The Balaban J connectivity index is 3.16. The maximum atomic E-state index is 11.5. The lowest BCUT2D eigenvalue weighted by Gasteiger charge is -2.06. The Labute approximate surface area is 53.7 Å². The topological polar surface area (TPSA) is 20.2 Å². The summed E-state index contributed by atoms with van der Waals surface area (Å²) in [5, 5.41) is 8.51. The van der Waals surface area contributed by atoms with Crippen molar-refractivity contribution in [2.45, 2.75) is 38.7 Å². The normalized spacial score (nSPS) is 14.3. The molecule has 0 rings (SSSR count). The second kappa shape index (κ2) is 4.68. The third kappa shape index (κ3) is 4.33. The summed E-state index contributed by atoms with van der Waals surface area (Å²) in [7, 11) is 0. The van der Waals surface area contributed by atoms with E-state index >= 15 is 0 Å². The van der Waals surface area contributed by atoms with E-state index in [2.05, 4.69) is 0 Å². The molecule has 9 heavy (non-hydrogen) atoms. The molecule has 0 saturated carbocycles. The number of hydrogen-bond donors (Lipinski definition) is 1. The van der Waals surface area contributed by atoms with Crippen LogP contribution in [0.15, 0.2) is 0 Å². The maximum Gasteiger partial charge on any atom is 0.264 e. The first kappa shape index (κ1) is 8.82. The number of alkyl halides is 2. The highest BCUT2D eigenvalue weighted by Crippen LogP contribution is 2.07. The van der Waals surface area contributed by atoms with Crippen LogP contribution in [0.3, 0.4) is 0 Å². The van der Waals surface area contributed by atoms with E-state index < -0.39 is 12.5 Å². The Hall–Kier alpha value is -0.180. The first-order chi connectivity index (χ1) is 4.18. The lowest BCUT2D eigenvalue weighted by molar-refractivity contribution is -0.00979. The average molecular weight is 138 g/mol. The Bertz CT molecular complexity index is 66.1. The van der Waals surface area contributed by atoms with Crippen molar-refractivity contribution < 1.29 is 13.9 Å². The zero-order valence-electron chi connectivity index (χ0n) is 5.48. The molecule has 0 bridgehead atoms. The fourth-order valence-electron chi connectivity index (χ4n) is 0.539. The fourth-order valence-corrected chi connectivity index (χ4v) is 0.539. The molecular weight excluding hydrogens is 126 g/mol. The molecule has 0 aliphatic rings. The quantitative estimate of drug-likeness (QED) is 0.628. The average Bonchev–Trinajstić information content (AvgIpc) is 1.82. The van der Waals surface area contributed by atoms with Gasteiger partial charge < -0.3 is 5.11 Å². The number of aliphatic hydroxyl groups is 1. The predicted octanol–water partition coefficient (Wildman–Crippen LogP) is 1.80. The molecule has 1 atom stereocenters. The van der Waals surface area contributed by atoms with Crippen LogP contribution in [0.25, 0.3) is 0 Å². The van der Waals surface area contributed by atoms with E-state index in [0.717, 1.165) is 6.42 Å². The predicted molar refractivity (Wildman–Crippen MR) is 31.5 cm³/mol. The second-order valence-electron chi connectivity index (χ2n) is 2.04. The van der Waals surface area contributed by atoms with Gasteiger partial charge in [0.1, 0.15) is 6.10 Å². The van der Waals surface area contributed by atoms with Gasteiger partial charge in [0.05, 0.1) is 0 Å². The van der Waals surface area contributed by atoms with E-state index in [1.807, 2.05) is 6.92 Å². The molecular formula is C6H12F2O. The van der Waals surface area contributed by atoms with Crippen LogP contribution in [-0.4, -0.2) is 17.6 Å². The molecule has 56 valence electrons. The van der Waals surface area contributed by atoms with E-state index in [0.29, 0.717) is 6.42 Å². The summed E-state index contributed by atoms with van der Waals surface area (Å²) in [5.74, 6) is 0. The van der Waals surface area contributed by atoms with E-state index in [1.165, 1.54) is 0 Å². The lowest BCUT2D eigenvalue weighted by atomic mass is 10.2. The van der Waals surface area contributed by atoms with Crippen molar-refractivity contribution in [2.24, 2.45) is 0 Å². The third-order valence-electron chi connectivity index (χ3n) is 1.14. The Morgan fingerprint density at radius 3 is 2.33 bits per heavy atom. The van der Waals surface area contributed by atoms with Crippen molar-refractivity contribution >= 4 is 0 Å². The highest BCUT2D eigenvalue weighted by atomic mass is 19.3. The van der Waals surface area contributed by atoms with Crippen LogP contribution in [0.1, 0.15) is 26.2 Å². The van der Waals surface area contributed by atoms with Crippen LogP contribution >= 0.6 is 0 Å². The molecule has 0 aliphatic carbocycles. The van der Waals surface area contributed by atoms with Crippen LogP contribution < -0.4 is 0 Å². The van der Waals surface area contributed by atoms with Gasteiger partial charge in [-0.1, -0.05) is 19.8 Å². The molecule has 0 aromatic heterocycles. The van der Waals surface area contributed by atoms with Gasteiger partial charge in [0, 0.05) is 0 Å². The van der Waals surface area contributed by atoms with Gasteiger partial charge in [-0.2, -0.15) is 0 Å². The molecule has 1 unspecified atom stereocenters. The van der Waals surface area contributed by atoms with Gasteiger partial charge in [0.25, 0.3) is 6.43 Å². The van der Waals surface area contributed by atoms with Gasteiger partial charge in [-0.25, -0.2) is 8.78 Å². The lowest BCUT2D eigenvalue weighted by Crippen LogP contribution is -2.16. The Morgan fingerprint density at radius 1 is 1.44 bits per heavy atom. The molecule has 0 aromatic rings. The monoisotopic (exact) mass is 138 g/mol. The Kier molecular flexibility index (Phi) is 4.58. The summed E-state index contributed by atoms with van der Waals surface area (Å²) in [6.07, 6.45) is -2.25. The second-order valence-corrected chi connectivity index (χ2v) is 2.04. The Morgan fingerprint density at radius 2 is 2.00 bits per heavy atom. The largest absolute Gasteiger partial charge is 0.387 e. The first-order valence-corrected chi connectivity index (χ1v) is 3.14. The summed E-state index contributed by atoms with van der Waals surface area (Å²) >= 11 is 0. The fraction of sp³-hybridized carbons (Fsp3) is 1.00. The molecule has 0 amide bonds. The van der Waals surface area contributed by atoms with Gasteiger partial charge in [-0.3, -0.25) is 0 Å². The van der Waals surface area contributed by atoms with Crippen molar-refractivity contribution in [3.8, 4) is 0 Å². The molecule has 1 nitrogen and oxygen atoms in total. The van der Waals surface area contributed by atoms with Crippen molar-refractivity contribution in [3.63, 3.8) is 0 Å². The zero-order valence-corrected chi connectivity index (χ0v) is 5.48. The molecule has 0 saturated heterocycles. The minimum Gasteiger partial charge on any atom is -0.387 e. The van der Waals surface area contributed by atoms with Crippen LogP contribution in [0, 0.1) is 0 Å². The first-order valence-electron chi connectivity index (χ1n) is 3.14. The number of hydrogen-bond acceptors (Lipinski definition) is 1. The number of halogens is 2. The van der Waals surface area contributed by atoms with Crippen LogP contribution in [0.4, 0.5) is 8.78 Å². The van der Waals surface area contributed by atoms with Gasteiger partial charge in [0.15, 0.2) is 0 Å². The molecule has 0 spiro atoms. The smallest absolute Gasteiger partial charge is 0.264 e. The molecule has 1 N–H and O–H groups in total. The third-order valence-corrected chi connectivity index (χ3v) is 1.14. The van der Waals surface area contributed by atoms with Gasteiger partial charge >= 0.3 is 0 Å². The van der Waals surface area contributed by atoms with Crippen molar-refractivity contribution in [1.29, 1.82) is 0 Å². The van der Waals surface area contributed by atoms with Crippen LogP contribution in [0.5, 0.6) is 0 Å². The zero-order chi connectivity index (χ0) is 7.28. The van der Waals surface area contributed by atoms with Crippen molar-refractivity contribution in [3.05, 3.63) is 0 Å². The van der Waals surface area contributed by atoms with Gasteiger partial charge in [-0.15, -0.1) is 0 Å². The molecule has 0 fully saturated rings. The minimum absolute atomic E-state index is 0.216. The van der Waals surface area contributed by atoms with Crippen molar-refractivity contribution in [1.82, 2.24) is 0 Å². The van der Waals surface area contributed by atoms with E-state index in [9.17, 15) is 8.78 Å². The maximum absolute atomic E-state index is 11.5. The summed E-state index contributed by atoms with van der Waals surface area (Å²) in [6, 6.07) is 0. The standard InChI is InChI=1S/C6H12F2O/c1-2-3-4-5(9)6(7)8/h5-6,9H,2-4H2,1H3. The summed E-state index contributed by atoms with van der Waals surface area (Å²) in [4.78, 5) is 0. The summed E-state index contributed by atoms with van der Waals surface area (Å²) in [6.45, 7) is 1.90. The number of aliphatic hydroxyl groups excluding tert-OH is 1. The molecule has 0 aromatic carbocycles.